The van der Waals surface area contributed by atoms with Gasteiger partial charge in [-0.15, -0.1) is 11.3 Å². The Balaban J connectivity index is 2.93. The minimum absolute atomic E-state index is 0.192. The highest BCUT2D eigenvalue weighted by Gasteiger charge is 2.08. The fourth-order valence-corrected chi connectivity index (χ4v) is 2.39. The number of phenols is 1. The summed E-state index contributed by atoms with van der Waals surface area (Å²) < 4.78 is 1.36. The summed E-state index contributed by atoms with van der Waals surface area (Å²) in [6.45, 7) is 0. The molecule has 2 nitrogen and oxygen atoms in total. The van der Waals surface area contributed by atoms with Gasteiger partial charge in [-0.05, 0) is 28.1 Å². The molecule has 2 N–H and O–H groups in total. The van der Waals surface area contributed by atoms with Crippen molar-refractivity contribution in [3.05, 3.63) is 22.0 Å². The van der Waals surface area contributed by atoms with Crippen LogP contribution in [0.15, 0.2) is 22.0 Å². The van der Waals surface area contributed by atoms with Crippen LogP contribution in [0.3, 0.4) is 0 Å². The third kappa shape index (κ3) is 0.990. The first kappa shape index (κ1) is 7.89. The predicted molar refractivity (Wildman–Crippen MR) is 52.9 cm³/mol. The number of aromatic hydroxyl groups is 2. The molecule has 4 heteroatoms. The van der Waals surface area contributed by atoms with Crippen LogP contribution in [0.5, 0.6) is 11.5 Å². The Kier molecular flexibility index (Phi) is 1.73. The van der Waals surface area contributed by atoms with Crippen molar-refractivity contribution in [3.63, 3.8) is 0 Å². The molecule has 1 aromatic heterocycles. The number of benzene rings is 1. The number of fused-ring (bicyclic) bond motifs is 1. The topological polar surface area (TPSA) is 40.5 Å². The zero-order chi connectivity index (χ0) is 8.72. The molecule has 0 atom stereocenters. The third-order valence-electron chi connectivity index (χ3n) is 1.65. The van der Waals surface area contributed by atoms with Gasteiger partial charge >= 0.3 is 0 Å². The summed E-state index contributed by atoms with van der Waals surface area (Å²) in [6.07, 6.45) is 0. The molecule has 0 unspecified atom stereocenters. The summed E-state index contributed by atoms with van der Waals surface area (Å²) in [6, 6.07) is 3.48. The van der Waals surface area contributed by atoms with Crippen LogP contribution >= 0.6 is 27.3 Å². The van der Waals surface area contributed by atoms with Gasteiger partial charge in [0, 0.05) is 10.8 Å². The lowest BCUT2D eigenvalue weighted by atomic mass is 10.2. The molecule has 0 radical (unpaired) electrons. The number of rotatable bonds is 0. The molecule has 2 aromatic rings. The number of phenolic OH excluding ortho intramolecular Hbond substituents is 1. The lowest BCUT2D eigenvalue weighted by Crippen LogP contribution is -1.68. The van der Waals surface area contributed by atoms with Gasteiger partial charge in [0.1, 0.15) is 11.5 Å². The second-order valence-electron chi connectivity index (χ2n) is 2.39. The van der Waals surface area contributed by atoms with Crippen molar-refractivity contribution in [2.24, 2.45) is 0 Å². The maximum atomic E-state index is 9.52. The van der Waals surface area contributed by atoms with Crippen LogP contribution in [0.1, 0.15) is 0 Å². The van der Waals surface area contributed by atoms with Gasteiger partial charge in [0.2, 0.25) is 0 Å². The Labute approximate surface area is 81.2 Å². The van der Waals surface area contributed by atoms with E-state index in [2.05, 4.69) is 15.9 Å². The summed E-state index contributed by atoms with van der Waals surface area (Å²) in [4.78, 5) is 0. The minimum Gasteiger partial charge on any atom is -0.506 e. The Bertz CT molecular complexity index is 436. The van der Waals surface area contributed by atoms with E-state index in [4.69, 9.17) is 0 Å². The Morgan fingerprint density at radius 3 is 2.75 bits per heavy atom. The summed E-state index contributed by atoms with van der Waals surface area (Å²) in [5, 5.41) is 21.1. The largest absolute Gasteiger partial charge is 0.506 e. The van der Waals surface area contributed by atoms with E-state index in [1.54, 1.807) is 17.5 Å². The van der Waals surface area contributed by atoms with Gasteiger partial charge in [-0.1, -0.05) is 0 Å². The zero-order valence-corrected chi connectivity index (χ0v) is 8.32. The minimum atomic E-state index is 0.192. The van der Waals surface area contributed by atoms with E-state index < -0.39 is 0 Å². The molecule has 0 amide bonds. The summed E-state index contributed by atoms with van der Waals surface area (Å²) in [7, 11) is 0. The number of hydrogen-bond acceptors (Lipinski definition) is 3. The van der Waals surface area contributed by atoms with Gasteiger partial charge in [-0.3, -0.25) is 0 Å². The van der Waals surface area contributed by atoms with E-state index >= 15 is 0 Å². The van der Waals surface area contributed by atoms with Crippen LogP contribution < -0.4 is 0 Å². The van der Waals surface area contributed by atoms with Gasteiger partial charge in [0.05, 0.1) is 9.17 Å². The second kappa shape index (κ2) is 2.64. The molecule has 12 heavy (non-hydrogen) atoms. The average Bonchev–Trinajstić information content (AvgIpc) is 2.41. The molecule has 0 saturated carbocycles. The molecular weight excluding hydrogens is 240 g/mol. The zero-order valence-electron chi connectivity index (χ0n) is 5.91. The van der Waals surface area contributed by atoms with Gasteiger partial charge in [-0.2, -0.15) is 0 Å². The highest BCUT2D eigenvalue weighted by Crippen LogP contribution is 2.40. The van der Waals surface area contributed by atoms with Crippen molar-refractivity contribution in [3.8, 4) is 11.5 Å². The maximum Gasteiger partial charge on any atom is 0.147 e. The molecule has 0 fully saturated rings. The van der Waals surface area contributed by atoms with E-state index in [0.29, 0.717) is 14.6 Å². The highest BCUT2D eigenvalue weighted by atomic mass is 79.9. The Morgan fingerprint density at radius 2 is 2.00 bits per heavy atom. The van der Waals surface area contributed by atoms with Crippen LogP contribution in [0.25, 0.3) is 10.1 Å². The first-order chi connectivity index (χ1) is 5.70. The molecule has 1 aromatic carbocycles. The third-order valence-corrected chi connectivity index (χ3v) is 3.28. The number of thiophene rings is 1. The van der Waals surface area contributed by atoms with Gasteiger partial charge in [0.15, 0.2) is 0 Å². The molecule has 0 aliphatic heterocycles. The van der Waals surface area contributed by atoms with E-state index in [9.17, 15) is 10.2 Å². The normalized spacial score (nSPS) is 10.8. The Hall–Kier alpha value is -0.740. The molecule has 0 saturated heterocycles. The predicted octanol–water partition coefficient (Wildman–Crippen LogP) is 3.08. The fourth-order valence-electron chi connectivity index (χ4n) is 1.05. The molecule has 2 rings (SSSR count). The quantitative estimate of drug-likeness (QED) is 0.748. The average molecular weight is 245 g/mol. The van der Waals surface area contributed by atoms with Gasteiger partial charge < -0.3 is 10.2 Å². The van der Waals surface area contributed by atoms with Crippen molar-refractivity contribution in [2.45, 2.75) is 0 Å². The van der Waals surface area contributed by atoms with Crippen molar-refractivity contribution >= 4 is 37.4 Å². The van der Waals surface area contributed by atoms with Crippen LogP contribution in [0.2, 0.25) is 0 Å². The molecule has 0 aliphatic rings. The molecule has 0 aliphatic carbocycles. The lowest BCUT2D eigenvalue weighted by Gasteiger charge is -1.96. The highest BCUT2D eigenvalue weighted by molar-refractivity contribution is 9.10. The second-order valence-corrected chi connectivity index (χ2v) is 4.13. The summed E-state index contributed by atoms with van der Waals surface area (Å²) in [5.74, 6) is 0.413. The molecule has 0 spiro atoms. The Morgan fingerprint density at radius 1 is 1.25 bits per heavy atom. The van der Waals surface area contributed by atoms with Crippen molar-refractivity contribution in [1.82, 2.24) is 0 Å². The van der Waals surface area contributed by atoms with Crippen LogP contribution in [0.4, 0.5) is 0 Å². The van der Waals surface area contributed by atoms with E-state index in [-0.39, 0.29) is 11.5 Å². The maximum absolute atomic E-state index is 9.52. The van der Waals surface area contributed by atoms with Gasteiger partial charge in [0.25, 0.3) is 0 Å². The summed E-state index contributed by atoms with van der Waals surface area (Å²) >= 11 is 4.53. The van der Waals surface area contributed by atoms with Crippen LogP contribution in [0, 0.1) is 0 Å². The summed E-state index contributed by atoms with van der Waals surface area (Å²) in [5.41, 5.74) is 0. The van der Waals surface area contributed by atoms with Crippen molar-refractivity contribution in [2.75, 3.05) is 0 Å². The lowest BCUT2D eigenvalue weighted by molar-refractivity contribution is 0.476. The van der Waals surface area contributed by atoms with Crippen molar-refractivity contribution in [1.29, 1.82) is 0 Å². The van der Waals surface area contributed by atoms with E-state index in [0.717, 1.165) is 0 Å². The smallest absolute Gasteiger partial charge is 0.147 e. The monoisotopic (exact) mass is 244 g/mol. The van der Waals surface area contributed by atoms with E-state index in [1.165, 1.54) is 11.3 Å². The molecule has 1 heterocycles. The SMILES string of the molecule is Oc1csc2c(O)c(Br)ccc12. The van der Waals surface area contributed by atoms with Crippen LogP contribution in [-0.2, 0) is 0 Å². The molecule has 62 valence electrons. The molecule has 0 bridgehead atoms. The molecular formula is C8H5BrO2S. The first-order valence-electron chi connectivity index (χ1n) is 3.28. The number of halogens is 1. The first-order valence-corrected chi connectivity index (χ1v) is 4.95. The van der Waals surface area contributed by atoms with Gasteiger partial charge in [-0.25, -0.2) is 0 Å². The van der Waals surface area contributed by atoms with E-state index in [1.807, 2.05) is 0 Å². The van der Waals surface area contributed by atoms with Crippen LogP contribution in [-0.4, -0.2) is 10.2 Å². The van der Waals surface area contributed by atoms with Crippen molar-refractivity contribution < 1.29 is 10.2 Å². The standard InChI is InChI=1S/C8H5BrO2S/c9-5-2-1-4-6(10)3-12-8(4)7(5)11/h1-3,10-11H. The number of hydrogen-bond donors (Lipinski definition) is 2. The fraction of sp³-hybridized carbons (Fsp3) is 0.